The van der Waals surface area contributed by atoms with Crippen LogP contribution >= 0.6 is 0 Å². The topological polar surface area (TPSA) is 141 Å². The number of nitrogens with zero attached hydrogens (tertiary/aromatic N) is 6. The van der Waals surface area contributed by atoms with Crippen molar-refractivity contribution in [1.82, 2.24) is 30.1 Å². The molecule has 0 spiro atoms. The van der Waals surface area contributed by atoms with Crippen molar-refractivity contribution in [2.24, 2.45) is 5.92 Å². The van der Waals surface area contributed by atoms with Crippen molar-refractivity contribution in [1.29, 1.82) is 5.26 Å². The SMILES string of the molecule is N#CC1CN(C(=O)c2cn(-c3ccc4c(c3)CN(C3CCC(=O)NC3=O)C4=O)nn2)CCC1(F)F. The molecule has 13 heteroatoms. The number of carbonyl (C=O) groups excluding carboxylic acids is 4. The molecule has 1 aromatic carbocycles. The molecule has 2 fully saturated rings. The van der Waals surface area contributed by atoms with Gasteiger partial charge in [-0.05, 0) is 30.2 Å². The van der Waals surface area contributed by atoms with Gasteiger partial charge >= 0.3 is 0 Å². The molecule has 11 nitrogen and oxygen atoms in total. The summed E-state index contributed by atoms with van der Waals surface area (Å²) in [5.41, 5.74) is 1.52. The van der Waals surface area contributed by atoms with Crippen molar-refractivity contribution in [3.8, 4) is 11.8 Å². The van der Waals surface area contributed by atoms with Crippen molar-refractivity contribution in [2.45, 2.75) is 37.8 Å². The standard InChI is InChI=1S/C22H19F2N7O4/c23-22(24)5-6-29(10-13(22)8-25)21(35)16-11-31(28-27-16)14-1-2-15-12(7-14)9-30(20(15)34)17-3-4-18(32)26-19(17)33/h1-2,7,11,13,17H,3-6,9-10H2,(H,26,32,33). The van der Waals surface area contributed by atoms with Gasteiger partial charge < -0.3 is 9.80 Å². The molecule has 0 radical (unpaired) electrons. The molecule has 2 saturated heterocycles. The average Bonchev–Trinajstić information content (AvgIpc) is 3.44. The number of rotatable bonds is 3. The van der Waals surface area contributed by atoms with E-state index in [0.717, 1.165) is 0 Å². The summed E-state index contributed by atoms with van der Waals surface area (Å²) >= 11 is 0. The van der Waals surface area contributed by atoms with Gasteiger partial charge in [0.15, 0.2) is 5.69 Å². The fourth-order valence-corrected chi connectivity index (χ4v) is 4.58. The summed E-state index contributed by atoms with van der Waals surface area (Å²) in [6.45, 7) is -0.424. The van der Waals surface area contributed by atoms with Crippen molar-refractivity contribution < 1.29 is 28.0 Å². The highest BCUT2D eigenvalue weighted by atomic mass is 19.3. The lowest BCUT2D eigenvalue weighted by atomic mass is 9.95. The third-order valence-electron chi connectivity index (χ3n) is 6.56. The summed E-state index contributed by atoms with van der Waals surface area (Å²) in [6.07, 6.45) is 1.16. The molecule has 0 bridgehead atoms. The molecular weight excluding hydrogens is 464 g/mol. The third kappa shape index (κ3) is 3.90. The Morgan fingerprint density at radius 3 is 2.80 bits per heavy atom. The van der Waals surface area contributed by atoms with Gasteiger partial charge in [-0.3, -0.25) is 24.5 Å². The number of carbonyl (C=O) groups is 4. The van der Waals surface area contributed by atoms with Gasteiger partial charge in [0, 0.05) is 38.0 Å². The maximum atomic E-state index is 13.8. The second-order valence-corrected chi connectivity index (χ2v) is 8.73. The van der Waals surface area contributed by atoms with E-state index in [2.05, 4.69) is 15.6 Å². The largest absolute Gasteiger partial charge is 0.335 e. The Morgan fingerprint density at radius 1 is 1.26 bits per heavy atom. The number of nitrogens with one attached hydrogen (secondary N) is 1. The molecule has 3 aliphatic heterocycles. The molecule has 0 saturated carbocycles. The molecule has 2 unspecified atom stereocenters. The molecule has 2 aromatic rings. The minimum absolute atomic E-state index is 0.0614. The highest BCUT2D eigenvalue weighted by Crippen LogP contribution is 2.33. The first kappa shape index (κ1) is 22.6. The Labute approximate surface area is 197 Å². The summed E-state index contributed by atoms with van der Waals surface area (Å²) in [4.78, 5) is 51.8. The fourth-order valence-electron chi connectivity index (χ4n) is 4.58. The van der Waals surface area contributed by atoms with Crippen LogP contribution in [-0.2, 0) is 16.1 Å². The molecule has 1 N–H and O–H groups in total. The Balaban J connectivity index is 1.32. The lowest BCUT2D eigenvalue weighted by molar-refractivity contribution is -0.136. The lowest BCUT2D eigenvalue weighted by Crippen LogP contribution is -2.52. The number of nitriles is 1. The van der Waals surface area contributed by atoms with E-state index in [1.165, 1.54) is 20.7 Å². The van der Waals surface area contributed by atoms with Gasteiger partial charge in [-0.2, -0.15) is 5.26 Å². The van der Waals surface area contributed by atoms with Crippen LogP contribution in [0.3, 0.4) is 0 Å². The van der Waals surface area contributed by atoms with E-state index < -0.39 is 42.7 Å². The van der Waals surface area contributed by atoms with E-state index in [1.807, 2.05) is 0 Å². The second kappa shape index (κ2) is 8.23. The lowest BCUT2D eigenvalue weighted by Gasteiger charge is -2.34. The highest BCUT2D eigenvalue weighted by Gasteiger charge is 2.46. The van der Waals surface area contributed by atoms with Crippen LogP contribution < -0.4 is 5.32 Å². The van der Waals surface area contributed by atoms with Gasteiger partial charge in [-0.1, -0.05) is 5.21 Å². The number of imide groups is 1. The van der Waals surface area contributed by atoms with Crippen molar-refractivity contribution in [3.05, 3.63) is 41.2 Å². The number of likely N-dealkylation sites (tertiary alicyclic amines) is 1. The zero-order valence-corrected chi connectivity index (χ0v) is 18.3. The minimum atomic E-state index is -3.15. The summed E-state index contributed by atoms with van der Waals surface area (Å²) in [5.74, 6) is -6.52. The number of hydrogen-bond donors (Lipinski definition) is 1. The smallest absolute Gasteiger partial charge is 0.276 e. The predicted molar refractivity (Wildman–Crippen MR) is 112 cm³/mol. The van der Waals surface area contributed by atoms with Gasteiger partial charge in [-0.15, -0.1) is 5.10 Å². The number of hydrogen-bond acceptors (Lipinski definition) is 7. The first-order valence-corrected chi connectivity index (χ1v) is 10.9. The zero-order valence-electron chi connectivity index (χ0n) is 18.3. The number of amides is 4. The predicted octanol–water partition coefficient (Wildman–Crippen LogP) is 0.649. The second-order valence-electron chi connectivity index (χ2n) is 8.73. The van der Waals surface area contributed by atoms with E-state index in [4.69, 9.17) is 5.26 Å². The monoisotopic (exact) mass is 483 g/mol. The van der Waals surface area contributed by atoms with Gasteiger partial charge in [0.2, 0.25) is 11.8 Å². The van der Waals surface area contributed by atoms with Crippen molar-refractivity contribution in [2.75, 3.05) is 13.1 Å². The summed E-state index contributed by atoms with van der Waals surface area (Å²) < 4.78 is 28.9. The summed E-state index contributed by atoms with van der Waals surface area (Å²) in [5, 5.41) is 19.1. The zero-order chi connectivity index (χ0) is 24.9. The van der Waals surface area contributed by atoms with Crippen LogP contribution in [-0.4, -0.2) is 73.5 Å². The molecule has 2 atom stereocenters. The van der Waals surface area contributed by atoms with Crippen LogP contribution in [0.1, 0.15) is 45.7 Å². The average molecular weight is 483 g/mol. The number of halogens is 2. The molecule has 5 rings (SSSR count). The quantitative estimate of drug-likeness (QED) is 0.632. The summed E-state index contributed by atoms with van der Waals surface area (Å²) in [6, 6.07) is 5.72. The number of fused-ring (bicyclic) bond motifs is 1. The van der Waals surface area contributed by atoms with E-state index in [1.54, 1.807) is 24.3 Å². The molecule has 4 heterocycles. The first-order valence-electron chi connectivity index (χ1n) is 10.9. The van der Waals surface area contributed by atoms with Crippen molar-refractivity contribution >= 4 is 23.6 Å². The molecule has 35 heavy (non-hydrogen) atoms. The van der Waals surface area contributed by atoms with Gasteiger partial charge in [0.1, 0.15) is 12.0 Å². The maximum absolute atomic E-state index is 13.8. The van der Waals surface area contributed by atoms with E-state index in [9.17, 15) is 28.0 Å². The number of aromatic nitrogens is 3. The molecule has 4 amide bonds. The third-order valence-corrected chi connectivity index (χ3v) is 6.56. The van der Waals surface area contributed by atoms with Gasteiger partial charge in [0.25, 0.3) is 17.7 Å². The van der Waals surface area contributed by atoms with Crippen molar-refractivity contribution in [3.63, 3.8) is 0 Å². The highest BCUT2D eigenvalue weighted by molar-refractivity contribution is 6.05. The van der Waals surface area contributed by atoms with Crippen LogP contribution in [0.5, 0.6) is 0 Å². The number of piperidine rings is 2. The Hall–Kier alpha value is -4.21. The van der Waals surface area contributed by atoms with Crippen LogP contribution in [0.4, 0.5) is 8.78 Å². The first-order chi connectivity index (χ1) is 16.7. The van der Waals surface area contributed by atoms with Crippen LogP contribution in [0.25, 0.3) is 5.69 Å². The van der Waals surface area contributed by atoms with Gasteiger partial charge in [-0.25, -0.2) is 13.5 Å². The molecule has 180 valence electrons. The molecule has 3 aliphatic rings. The van der Waals surface area contributed by atoms with Crippen LogP contribution in [0.2, 0.25) is 0 Å². The van der Waals surface area contributed by atoms with E-state index >= 15 is 0 Å². The molecule has 0 aliphatic carbocycles. The van der Waals surface area contributed by atoms with E-state index in [-0.39, 0.29) is 43.4 Å². The van der Waals surface area contributed by atoms with Gasteiger partial charge in [0.05, 0.1) is 18.0 Å². The normalized spacial score (nSPS) is 23.6. The fraction of sp³-hybridized carbons (Fsp3) is 0.409. The van der Waals surface area contributed by atoms with E-state index in [0.29, 0.717) is 16.8 Å². The Kier molecular flexibility index (Phi) is 5.31. The minimum Gasteiger partial charge on any atom is -0.335 e. The van der Waals surface area contributed by atoms with Crippen LogP contribution in [0, 0.1) is 17.2 Å². The van der Waals surface area contributed by atoms with Crippen LogP contribution in [0.15, 0.2) is 24.4 Å². The number of benzene rings is 1. The summed E-state index contributed by atoms with van der Waals surface area (Å²) in [7, 11) is 0. The Morgan fingerprint density at radius 2 is 2.06 bits per heavy atom. The maximum Gasteiger partial charge on any atom is 0.276 e. The molecule has 1 aromatic heterocycles. The number of alkyl halides is 2. The molecular formula is C22H19F2N7O4. The Bertz CT molecular complexity index is 1300.